The van der Waals surface area contributed by atoms with Crippen molar-refractivity contribution in [3.8, 4) is 5.69 Å². The van der Waals surface area contributed by atoms with E-state index in [0.29, 0.717) is 6.42 Å². The molecule has 1 aromatic heterocycles. The average Bonchev–Trinajstić information content (AvgIpc) is 3.01. The highest BCUT2D eigenvalue weighted by Gasteiger charge is 2.17. The van der Waals surface area contributed by atoms with Crippen LogP contribution in [0, 0.1) is 0 Å². The second-order valence-corrected chi connectivity index (χ2v) is 4.88. The third-order valence-corrected chi connectivity index (χ3v) is 3.63. The molecule has 2 heterocycles. The van der Waals surface area contributed by atoms with Crippen molar-refractivity contribution in [2.45, 2.75) is 26.2 Å². The van der Waals surface area contributed by atoms with E-state index in [1.54, 1.807) is 12.5 Å². The van der Waals surface area contributed by atoms with Crippen molar-refractivity contribution < 1.29 is 4.79 Å². The van der Waals surface area contributed by atoms with Crippen molar-refractivity contribution in [2.75, 3.05) is 0 Å². The second-order valence-electron chi connectivity index (χ2n) is 4.88. The first-order chi connectivity index (χ1) is 9.78. The van der Waals surface area contributed by atoms with Gasteiger partial charge < -0.3 is 9.88 Å². The number of hydrogen-bond donors (Lipinski definition) is 1. The van der Waals surface area contributed by atoms with Gasteiger partial charge in [-0.25, -0.2) is 4.98 Å². The molecule has 1 amide bonds. The summed E-state index contributed by atoms with van der Waals surface area (Å²) in [5, 5.41) is 2.98. The molecule has 1 aromatic carbocycles. The highest BCUT2D eigenvalue weighted by atomic mass is 16.1. The van der Waals surface area contributed by atoms with Gasteiger partial charge in [-0.3, -0.25) is 4.79 Å². The van der Waals surface area contributed by atoms with E-state index in [-0.39, 0.29) is 5.91 Å². The Morgan fingerprint density at radius 2 is 2.05 bits per heavy atom. The maximum absolute atomic E-state index is 11.5. The smallest absolute Gasteiger partial charge is 0.224 e. The summed E-state index contributed by atoms with van der Waals surface area (Å²) in [5.41, 5.74) is 4.58. The summed E-state index contributed by atoms with van der Waals surface area (Å²) >= 11 is 0. The normalized spacial score (nSPS) is 15.3. The van der Waals surface area contributed by atoms with E-state index < -0.39 is 0 Å². The molecule has 20 heavy (non-hydrogen) atoms. The van der Waals surface area contributed by atoms with E-state index in [4.69, 9.17) is 0 Å². The van der Waals surface area contributed by atoms with Crippen LogP contribution in [0.15, 0.2) is 48.7 Å². The maximum atomic E-state index is 11.5. The number of allylic oxidation sites excluding steroid dienone is 2. The molecule has 0 unspecified atom stereocenters. The molecular formula is C16H17N3O. The zero-order valence-corrected chi connectivity index (χ0v) is 11.5. The van der Waals surface area contributed by atoms with Crippen molar-refractivity contribution in [1.82, 2.24) is 14.9 Å². The van der Waals surface area contributed by atoms with E-state index in [9.17, 15) is 4.79 Å². The van der Waals surface area contributed by atoms with Crippen LogP contribution < -0.4 is 5.32 Å². The van der Waals surface area contributed by atoms with Crippen LogP contribution in [0.2, 0.25) is 0 Å². The zero-order chi connectivity index (χ0) is 13.9. The predicted octanol–water partition coefficient (Wildman–Crippen LogP) is 2.90. The van der Waals surface area contributed by atoms with Crippen molar-refractivity contribution in [2.24, 2.45) is 0 Å². The molecule has 1 aliphatic rings. The molecule has 0 radical (unpaired) electrons. The Balaban J connectivity index is 1.93. The fourth-order valence-electron chi connectivity index (χ4n) is 2.56. The summed E-state index contributed by atoms with van der Waals surface area (Å²) in [5.74, 6) is 0.126. The Hall–Kier alpha value is -2.36. The highest BCUT2D eigenvalue weighted by Crippen LogP contribution is 2.28. The van der Waals surface area contributed by atoms with Gasteiger partial charge in [-0.2, -0.15) is 0 Å². The fourth-order valence-corrected chi connectivity index (χ4v) is 2.56. The van der Waals surface area contributed by atoms with E-state index >= 15 is 0 Å². The quantitative estimate of drug-likeness (QED) is 0.929. The van der Waals surface area contributed by atoms with Gasteiger partial charge in [-0.15, -0.1) is 0 Å². The molecule has 0 spiro atoms. The lowest BCUT2D eigenvalue weighted by Crippen LogP contribution is -2.27. The minimum atomic E-state index is 0.126. The lowest BCUT2D eigenvalue weighted by molar-refractivity contribution is -0.120. The summed E-state index contributed by atoms with van der Waals surface area (Å²) in [6.07, 6.45) is 7.72. The summed E-state index contributed by atoms with van der Waals surface area (Å²) in [4.78, 5) is 15.5. The molecule has 4 nitrogen and oxygen atoms in total. The van der Waals surface area contributed by atoms with Crippen LogP contribution in [-0.2, 0) is 4.79 Å². The number of nitrogens with one attached hydrogen (secondary N) is 1. The van der Waals surface area contributed by atoms with Gasteiger partial charge in [-0.1, -0.05) is 19.1 Å². The highest BCUT2D eigenvalue weighted by molar-refractivity contribution is 5.86. The van der Waals surface area contributed by atoms with Gasteiger partial charge in [0.25, 0.3) is 0 Å². The molecule has 0 saturated heterocycles. The monoisotopic (exact) mass is 267 g/mol. The first-order valence-corrected chi connectivity index (χ1v) is 6.88. The minimum Gasteiger partial charge on any atom is -0.329 e. The van der Waals surface area contributed by atoms with Crippen molar-refractivity contribution in [3.05, 3.63) is 54.2 Å². The van der Waals surface area contributed by atoms with Crippen LogP contribution >= 0.6 is 0 Å². The number of rotatable bonds is 3. The first-order valence-electron chi connectivity index (χ1n) is 6.88. The molecule has 3 rings (SSSR count). The molecule has 1 N–H and O–H groups in total. The molecule has 4 heteroatoms. The standard InChI is InChI=1S/C16H17N3O/c1-2-15-14(7-8-16(20)18-15)12-3-5-13(6-4-12)19-10-9-17-11-19/h3-6,9-11H,2,7-8H2,1H3,(H,18,20). The molecule has 2 aromatic rings. The molecule has 0 atom stereocenters. The summed E-state index contributed by atoms with van der Waals surface area (Å²) in [6, 6.07) is 8.37. The van der Waals surface area contributed by atoms with Gasteiger partial charge >= 0.3 is 0 Å². The molecule has 102 valence electrons. The number of carbonyl (C=O) groups excluding carboxylic acids is 1. The van der Waals surface area contributed by atoms with Crippen molar-refractivity contribution in [3.63, 3.8) is 0 Å². The topological polar surface area (TPSA) is 46.9 Å². The Bertz CT molecular complexity index is 639. The van der Waals surface area contributed by atoms with Crippen LogP contribution in [-0.4, -0.2) is 15.5 Å². The molecule has 0 fully saturated rings. The summed E-state index contributed by atoms with van der Waals surface area (Å²) in [6.45, 7) is 2.07. The lowest BCUT2D eigenvalue weighted by Gasteiger charge is -2.20. The van der Waals surface area contributed by atoms with E-state index in [1.165, 1.54) is 11.1 Å². The lowest BCUT2D eigenvalue weighted by atomic mass is 9.94. The fraction of sp³-hybridized carbons (Fsp3) is 0.250. The summed E-state index contributed by atoms with van der Waals surface area (Å²) in [7, 11) is 0. The third kappa shape index (κ3) is 2.37. The van der Waals surface area contributed by atoms with E-state index in [0.717, 1.165) is 24.2 Å². The van der Waals surface area contributed by atoms with Crippen LogP contribution in [0.4, 0.5) is 0 Å². The maximum Gasteiger partial charge on any atom is 0.224 e. The van der Waals surface area contributed by atoms with Gasteiger partial charge in [-0.05, 0) is 36.1 Å². The van der Waals surface area contributed by atoms with Crippen LogP contribution in [0.5, 0.6) is 0 Å². The number of aromatic nitrogens is 2. The molecular weight excluding hydrogens is 250 g/mol. The second kappa shape index (κ2) is 5.33. The van der Waals surface area contributed by atoms with Crippen LogP contribution in [0.25, 0.3) is 11.3 Å². The molecule has 0 bridgehead atoms. The van der Waals surface area contributed by atoms with Gasteiger partial charge in [0.1, 0.15) is 0 Å². The Labute approximate surface area is 118 Å². The Morgan fingerprint density at radius 3 is 2.70 bits per heavy atom. The van der Waals surface area contributed by atoms with Gasteiger partial charge in [0.05, 0.1) is 6.33 Å². The van der Waals surface area contributed by atoms with Crippen molar-refractivity contribution >= 4 is 11.5 Å². The largest absolute Gasteiger partial charge is 0.329 e. The van der Waals surface area contributed by atoms with Crippen LogP contribution in [0.1, 0.15) is 31.7 Å². The van der Waals surface area contributed by atoms with Crippen LogP contribution in [0.3, 0.4) is 0 Å². The number of benzene rings is 1. The van der Waals surface area contributed by atoms with Crippen molar-refractivity contribution in [1.29, 1.82) is 0 Å². The molecule has 0 aliphatic carbocycles. The van der Waals surface area contributed by atoms with E-state index in [1.807, 2.05) is 10.8 Å². The zero-order valence-electron chi connectivity index (χ0n) is 11.5. The SMILES string of the molecule is CCC1=C(c2ccc(-n3ccnc3)cc2)CCC(=O)N1. The number of nitrogens with zero attached hydrogens (tertiary/aromatic N) is 2. The summed E-state index contributed by atoms with van der Waals surface area (Å²) < 4.78 is 1.97. The van der Waals surface area contributed by atoms with Gasteiger partial charge in [0.2, 0.25) is 5.91 Å². The van der Waals surface area contributed by atoms with E-state index in [2.05, 4.69) is 41.5 Å². The Morgan fingerprint density at radius 1 is 1.25 bits per heavy atom. The number of hydrogen-bond acceptors (Lipinski definition) is 2. The van der Waals surface area contributed by atoms with Gasteiger partial charge in [0, 0.05) is 30.2 Å². The number of amides is 1. The number of carbonyl (C=O) groups is 1. The molecule has 0 saturated carbocycles. The molecule has 1 aliphatic heterocycles. The third-order valence-electron chi connectivity index (χ3n) is 3.63. The average molecular weight is 267 g/mol. The predicted molar refractivity (Wildman–Crippen MR) is 78.2 cm³/mol. The minimum absolute atomic E-state index is 0.126. The first kappa shape index (κ1) is 12.7. The Kier molecular flexibility index (Phi) is 3.37. The van der Waals surface area contributed by atoms with Gasteiger partial charge in [0.15, 0.2) is 0 Å². The number of imidazole rings is 1.